The quantitative estimate of drug-likeness (QED) is 0.551. The predicted octanol–water partition coefficient (Wildman–Crippen LogP) is 5.02. The van der Waals surface area contributed by atoms with Crippen LogP contribution in [0.15, 0.2) is 52.2 Å². The van der Waals surface area contributed by atoms with Crippen LogP contribution in [0.4, 0.5) is 5.69 Å². The maximum atomic E-state index is 10.7. The summed E-state index contributed by atoms with van der Waals surface area (Å²) in [7, 11) is 0. The van der Waals surface area contributed by atoms with Crippen molar-refractivity contribution in [3.05, 3.63) is 52.5 Å². The van der Waals surface area contributed by atoms with E-state index < -0.39 is 0 Å². The molecular formula is C16H18N2O. The van der Waals surface area contributed by atoms with Gasteiger partial charge in [0, 0.05) is 11.3 Å². The Bertz CT molecular complexity index is 578. The molecule has 0 atom stereocenters. The Hall–Kier alpha value is -2.03. The van der Waals surface area contributed by atoms with E-state index in [2.05, 4.69) is 16.7 Å². The van der Waals surface area contributed by atoms with Crippen LogP contribution in [0.1, 0.15) is 38.7 Å². The summed E-state index contributed by atoms with van der Waals surface area (Å²) in [4.78, 5) is 15.3. The zero-order chi connectivity index (χ0) is 13.8. The summed E-state index contributed by atoms with van der Waals surface area (Å²) in [5.41, 5.74) is 5.67. The first-order valence-electron chi connectivity index (χ1n) is 6.49. The van der Waals surface area contributed by atoms with Gasteiger partial charge in [0.2, 0.25) is 0 Å². The molecule has 0 heterocycles. The summed E-state index contributed by atoms with van der Waals surface area (Å²) in [5, 5.41) is 2.99. The molecule has 1 aliphatic rings. The Morgan fingerprint density at radius 1 is 1.26 bits per heavy atom. The van der Waals surface area contributed by atoms with E-state index in [-0.39, 0.29) is 0 Å². The minimum absolute atomic E-state index is 0.433. The van der Waals surface area contributed by atoms with Crippen LogP contribution in [-0.4, -0.2) is 5.71 Å². The number of nitroso groups, excluding NO2 is 1. The third-order valence-corrected chi connectivity index (χ3v) is 3.18. The van der Waals surface area contributed by atoms with Crippen molar-refractivity contribution in [1.82, 2.24) is 0 Å². The maximum absolute atomic E-state index is 10.7. The van der Waals surface area contributed by atoms with Crippen LogP contribution in [-0.2, 0) is 0 Å². The highest BCUT2D eigenvalue weighted by molar-refractivity contribution is 5.88. The predicted molar refractivity (Wildman–Crippen MR) is 80.6 cm³/mol. The number of nitrogens with zero attached hydrogens (tertiary/aromatic N) is 2. The lowest BCUT2D eigenvalue weighted by atomic mass is 10.0. The van der Waals surface area contributed by atoms with Crippen molar-refractivity contribution in [2.24, 2.45) is 10.2 Å². The van der Waals surface area contributed by atoms with E-state index in [0.29, 0.717) is 5.69 Å². The molecule has 1 aliphatic carbocycles. The van der Waals surface area contributed by atoms with Crippen LogP contribution in [0, 0.1) is 4.91 Å². The van der Waals surface area contributed by atoms with Crippen LogP contribution in [0.5, 0.6) is 0 Å². The van der Waals surface area contributed by atoms with E-state index >= 15 is 0 Å². The monoisotopic (exact) mass is 254 g/mol. The highest BCUT2D eigenvalue weighted by atomic mass is 16.3. The number of rotatable bonds is 3. The Morgan fingerprint density at radius 3 is 2.63 bits per heavy atom. The maximum Gasteiger partial charge on any atom is 0.108 e. The van der Waals surface area contributed by atoms with Gasteiger partial charge in [-0.3, -0.25) is 4.99 Å². The molecule has 0 N–H and O–H groups in total. The van der Waals surface area contributed by atoms with Crippen LogP contribution in [0.2, 0.25) is 0 Å². The van der Waals surface area contributed by atoms with Gasteiger partial charge in [0.25, 0.3) is 0 Å². The highest BCUT2D eigenvalue weighted by Gasteiger charge is 2.17. The largest absolute Gasteiger partial charge is 0.258 e. The van der Waals surface area contributed by atoms with Crippen molar-refractivity contribution in [3.8, 4) is 0 Å². The first kappa shape index (κ1) is 13.4. The lowest BCUT2D eigenvalue weighted by molar-refractivity contribution is 0.933. The van der Waals surface area contributed by atoms with Crippen LogP contribution in [0.3, 0.4) is 0 Å². The minimum atomic E-state index is 0.433. The van der Waals surface area contributed by atoms with Crippen LogP contribution in [0.25, 0.3) is 5.70 Å². The van der Waals surface area contributed by atoms with Gasteiger partial charge in [-0.1, -0.05) is 18.7 Å². The zero-order valence-electron chi connectivity index (χ0n) is 11.4. The third kappa shape index (κ3) is 3.05. The van der Waals surface area contributed by atoms with Gasteiger partial charge < -0.3 is 0 Å². The fourth-order valence-electron chi connectivity index (χ4n) is 2.33. The molecule has 0 aliphatic heterocycles. The first-order chi connectivity index (χ1) is 9.11. The molecule has 1 fully saturated rings. The van der Waals surface area contributed by atoms with Gasteiger partial charge in [-0.25, -0.2) is 0 Å². The summed E-state index contributed by atoms with van der Waals surface area (Å²) < 4.78 is 0. The molecule has 0 radical (unpaired) electrons. The van der Waals surface area contributed by atoms with Gasteiger partial charge in [0.1, 0.15) is 5.69 Å². The normalized spacial score (nSPS) is 17.3. The van der Waals surface area contributed by atoms with Gasteiger partial charge in [-0.05, 0) is 61.6 Å². The number of hydrogen-bond acceptors (Lipinski definition) is 3. The molecule has 2 rings (SSSR count). The Kier molecular flexibility index (Phi) is 4.05. The molecule has 3 heteroatoms. The third-order valence-electron chi connectivity index (χ3n) is 3.18. The van der Waals surface area contributed by atoms with Gasteiger partial charge in [0.05, 0.1) is 5.70 Å². The zero-order valence-corrected chi connectivity index (χ0v) is 11.4. The van der Waals surface area contributed by atoms with Crippen molar-refractivity contribution >= 4 is 17.1 Å². The second-order valence-electron chi connectivity index (χ2n) is 4.98. The standard InChI is InChI=1S/C16H18N2O/c1-11(2)17-16(15-9-4-6-12(15)3)13-7-5-8-14(10-13)18-19/h5,7-8,10H,3-4,6,9H2,1-2H3/b16-15-. The van der Waals surface area contributed by atoms with Crippen molar-refractivity contribution < 1.29 is 0 Å². The number of hydrogen-bond donors (Lipinski definition) is 0. The second kappa shape index (κ2) is 5.74. The van der Waals surface area contributed by atoms with E-state index in [9.17, 15) is 4.91 Å². The van der Waals surface area contributed by atoms with Crippen LogP contribution < -0.4 is 0 Å². The summed E-state index contributed by atoms with van der Waals surface area (Å²) in [5.74, 6) is 0. The molecule has 19 heavy (non-hydrogen) atoms. The lowest BCUT2D eigenvalue weighted by Gasteiger charge is -2.09. The van der Waals surface area contributed by atoms with Gasteiger partial charge >= 0.3 is 0 Å². The average molecular weight is 254 g/mol. The molecule has 0 bridgehead atoms. The average Bonchev–Trinajstić information content (AvgIpc) is 2.82. The fraction of sp³-hybridized carbons (Fsp3) is 0.312. The van der Waals surface area contributed by atoms with Crippen LogP contribution >= 0.6 is 0 Å². The van der Waals surface area contributed by atoms with Gasteiger partial charge in [-0.2, -0.15) is 0 Å². The molecule has 98 valence electrons. The van der Waals surface area contributed by atoms with E-state index in [1.165, 1.54) is 5.57 Å². The molecule has 3 nitrogen and oxygen atoms in total. The Morgan fingerprint density at radius 2 is 2.05 bits per heavy atom. The molecule has 0 spiro atoms. The minimum Gasteiger partial charge on any atom is -0.258 e. The molecule has 0 saturated heterocycles. The molecule has 1 aromatic rings. The Labute approximate surface area is 113 Å². The smallest absolute Gasteiger partial charge is 0.108 e. The Balaban J connectivity index is 2.58. The first-order valence-corrected chi connectivity index (χ1v) is 6.49. The number of benzene rings is 1. The van der Waals surface area contributed by atoms with Gasteiger partial charge in [-0.15, -0.1) is 4.91 Å². The molecule has 1 saturated carbocycles. The van der Waals surface area contributed by atoms with E-state index in [4.69, 9.17) is 0 Å². The van der Waals surface area contributed by atoms with Crippen molar-refractivity contribution in [3.63, 3.8) is 0 Å². The van der Waals surface area contributed by atoms with E-state index in [1.54, 1.807) is 12.1 Å². The molecule has 0 aromatic heterocycles. The summed E-state index contributed by atoms with van der Waals surface area (Å²) in [6, 6.07) is 7.29. The van der Waals surface area contributed by atoms with Crippen molar-refractivity contribution in [2.75, 3.05) is 0 Å². The van der Waals surface area contributed by atoms with Crippen molar-refractivity contribution in [2.45, 2.75) is 33.1 Å². The van der Waals surface area contributed by atoms with E-state index in [0.717, 1.165) is 41.8 Å². The molecule has 0 unspecified atom stereocenters. The second-order valence-corrected chi connectivity index (χ2v) is 4.98. The lowest BCUT2D eigenvalue weighted by Crippen LogP contribution is -1.91. The summed E-state index contributed by atoms with van der Waals surface area (Å²) >= 11 is 0. The SMILES string of the molecule is C=C1CCC/C1=C(/N=C(C)C)c1cccc(N=O)c1. The molecule has 1 aromatic carbocycles. The fourth-order valence-corrected chi connectivity index (χ4v) is 2.33. The number of aliphatic imine (C=N–C) groups is 1. The summed E-state index contributed by atoms with van der Waals surface area (Å²) in [6.07, 6.45) is 3.16. The highest BCUT2D eigenvalue weighted by Crippen LogP contribution is 2.36. The number of allylic oxidation sites excluding steroid dienone is 2. The molecular weight excluding hydrogens is 236 g/mol. The van der Waals surface area contributed by atoms with Crippen molar-refractivity contribution in [1.29, 1.82) is 0 Å². The molecule has 0 amide bonds. The van der Waals surface area contributed by atoms with Gasteiger partial charge in [0.15, 0.2) is 0 Å². The summed E-state index contributed by atoms with van der Waals surface area (Å²) in [6.45, 7) is 8.06. The topological polar surface area (TPSA) is 41.8 Å². The van der Waals surface area contributed by atoms with E-state index in [1.807, 2.05) is 26.0 Å².